The number of anilines is 1. The zero-order valence-corrected chi connectivity index (χ0v) is 18.5. The molecule has 1 aromatic carbocycles. The molecule has 0 saturated heterocycles. The maximum atomic E-state index is 12.5. The van der Waals surface area contributed by atoms with Crippen molar-refractivity contribution >= 4 is 17.9 Å². The van der Waals surface area contributed by atoms with Gasteiger partial charge in [0.2, 0.25) is 0 Å². The van der Waals surface area contributed by atoms with Crippen LogP contribution in [0.2, 0.25) is 0 Å². The lowest BCUT2D eigenvalue weighted by Crippen LogP contribution is -2.45. The topological polar surface area (TPSA) is 125 Å². The van der Waals surface area contributed by atoms with Crippen LogP contribution in [-0.4, -0.2) is 62.4 Å². The fourth-order valence-corrected chi connectivity index (χ4v) is 3.63. The summed E-state index contributed by atoms with van der Waals surface area (Å²) in [6, 6.07) is 2.76. The maximum Gasteiger partial charge on any atom is 0.573 e. The molecule has 0 bridgehead atoms. The minimum Gasteiger partial charge on any atom is -0.495 e. The largest absolute Gasteiger partial charge is 0.573 e. The number of halogens is 3. The molecule has 34 heavy (non-hydrogen) atoms. The predicted octanol–water partition coefficient (Wildman–Crippen LogP) is 2.42. The number of alkyl halides is 3. The molecule has 188 valence electrons. The van der Waals surface area contributed by atoms with Gasteiger partial charge in [0.25, 0.3) is 0 Å². The third kappa shape index (κ3) is 7.99. The predicted molar refractivity (Wildman–Crippen MR) is 118 cm³/mol. The monoisotopic (exact) mass is 487 g/mol. The van der Waals surface area contributed by atoms with Gasteiger partial charge in [0.15, 0.2) is 12.2 Å². The highest BCUT2D eigenvalue weighted by Gasteiger charge is 2.31. The first-order valence-corrected chi connectivity index (χ1v) is 10.8. The average molecular weight is 487 g/mol. The van der Waals surface area contributed by atoms with Crippen molar-refractivity contribution in [1.82, 2.24) is 16.0 Å². The Kier molecular flexibility index (Phi) is 8.82. The first-order valence-electron chi connectivity index (χ1n) is 10.8. The van der Waals surface area contributed by atoms with Crippen LogP contribution in [0.1, 0.15) is 25.7 Å². The van der Waals surface area contributed by atoms with Crippen LogP contribution in [0.3, 0.4) is 0 Å². The molecule has 2 aliphatic rings. The molecule has 1 heterocycles. The summed E-state index contributed by atoms with van der Waals surface area (Å²) in [7, 11) is 1.34. The van der Waals surface area contributed by atoms with Gasteiger partial charge in [-0.2, -0.15) is 0 Å². The number of ether oxygens (including phenoxy) is 3. The number of methoxy groups -OCH3 is 1. The van der Waals surface area contributed by atoms with Gasteiger partial charge in [0, 0.05) is 30.9 Å². The van der Waals surface area contributed by atoms with Gasteiger partial charge in [-0.15, -0.1) is 13.2 Å². The number of carbonyl (C=O) groups excluding carboxylic acids is 1. The quantitative estimate of drug-likeness (QED) is 0.362. The third-order valence-electron chi connectivity index (χ3n) is 5.15. The number of urea groups is 1. The summed E-state index contributed by atoms with van der Waals surface area (Å²) >= 11 is 0. The van der Waals surface area contributed by atoms with Gasteiger partial charge in [0.05, 0.1) is 19.4 Å². The maximum absolute atomic E-state index is 12.5. The molecule has 1 unspecified atom stereocenters. The number of hydrogen-bond acceptors (Lipinski definition) is 8. The van der Waals surface area contributed by atoms with Crippen molar-refractivity contribution < 1.29 is 37.3 Å². The number of amides is 2. The van der Waals surface area contributed by atoms with Gasteiger partial charge >= 0.3 is 12.4 Å². The molecular weight excluding hydrogens is 459 g/mol. The standard InChI is InChI=1S/C21H28F3N5O5/c1-32-17-7-6-15(34-21(22,23)24)12-16(17)28-20(31)27-13-2-4-14(5-3-13)33-18-8-9-25-19(29-18)26-10-11-30/h6-9,12-14,19,26,29-30H,2-5,10-11H2,1H3,(H2,27,28,31). The van der Waals surface area contributed by atoms with Crippen molar-refractivity contribution in [3.63, 3.8) is 0 Å². The van der Waals surface area contributed by atoms with E-state index in [1.807, 2.05) is 0 Å². The molecule has 1 atom stereocenters. The zero-order chi connectivity index (χ0) is 24.6. The Morgan fingerprint density at radius 3 is 2.71 bits per heavy atom. The second kappa shape index (κ2) is 11.8. The summed E-state index contributed by atoms with van der Waals surface area (Å²) in [6.45, 7) is 0.393. The highest BCUT2D eigenvalue weighted by atomic mass is 19.4. The molecule has 1 aromatic rings. The first kappa shape index (κ1) is 25.4. The van der Waals surface area contributed by atoms with Crippen LogP contribution in [0.4, 0.5) is 23.7 Å². The molecule has 1 fully saturated rings. The van der Waals surface area contributed by atoms with Crippen LogP contribution in [0.15, 0.2) is 35.2 Å². The van der Waals surface area contributed by atoms with E-state index in [0.717, 1.165) is 12.1 Å². The Bertz CT molecular complexity index is 888. The molecule has 0 radical (unpaired) electrons. The van der Waals surface area contributed by atoms with Gasteiger partial charge in [-0.3, -0.25) is 10.3 Å². The first-order chi connectivity index (χ1) is 16.3. The average Bonchev–Trinajstić information content (AvgIpc) is 2.78. The molecule has 1 aliphatic heterocycles. The zero-order valence-electron chi connectivity index (χ0n) is 18.5. The van der Waals surface area contributed by atoms with E-state index < -0.39 is 18.1 Å². The fourth-order valence-electron chi connectivity index (χ4n) is 3.63. The van der Waals surface area contributed by atoms with E-state index in [0.29, 0.717) is 38.1 Å². The number of aliphatic hydroxyl groups excluding tert-OH is 1. The van der Waals surface area contributed by atoms with Gasteiger partial charge in [-0.05, 0) is 37.8 Å². The van der Waals surface area contributed by atoms with Gasteiger partial charge < -0.3 is 35.3 Å². The number of hydrogen-bond donors (Lipinski definition) is 5. The van der Waals surface area contributed by atoms with Crippen molar-refractivity contribution in [1.29, 1.82) is 0 Å². The number of carbonyl (C=O) groups is 1. The van der Waals surface area contributed by atoms with Gasteiger partial charge in [-0.25, -0.2) is 4.79 Å². The summed E-state index contributed by atoms with van der Waals surface area (Å²) in [6.07, 6.45) is 0.830. The summed E-state index contributed by atoms with van der Waals surface area (Å²) in [4.78, 5) is 16.6. The molecule has 13 heteroatoms. The summed E-state index contributed by atoms with van der Waals surface area (Å²) in [5, 5.41) is 20.3. The Labute approximate surface area is 194 Å². The molecule has 1 aliphatic carbocycles. The second-order valence-electron chi connectivity index (χ2n) is 7.65. The minimum absolute atomic E-state index is 0.00223. The Balaban J connectivity index is 1.46. The van der Waals surface area contributed by atoms with Gasteiger partial charge in [-0.1, -0.05) is 0 Å². The second-order valence-corrected chi connectivity index (χ2v) is 7.65. The summed E-state index contributed by atoms with van der Waals surface area (Å²) in [5.74, 6) is 0.309. The van der Waals surface area contributed by atoms with E-state index >= 15 is 0 Å². The minimum atomic E-state index is -4.85. The lowest BCUT2D eigenvalue weighted by atomic mass is 9.93. The highest BCUT2D eigenvalue weighted by molar-refractivity contribution is 5.91. The number of aliphatic hydroxyl groups is 1. The number of rotatable bonds is 9. The lowest BCUT2D eigenvalue weighted by Gasteiger charge is -2.31. The normalized spacial score (nSPS) is 22.3. The van der Waals surface area contributed by atoms with E-state index in [-0.39, 0.29) is 36.5 Å². The van der Waals surface area contributed by atoms with Crippen LogP contribution < -0.4 is 30.7 Å². The summed E-state index contributed by atoms with van der Waals surface area (Å²) < 4.78 is 52.4. The molecule has 1 saturated carbocycles. The van der Waals surface area contributed by atoms with Crippen molar-refractivity contribution in [2.75, 3.05) is 25.6 Å². The van der Waals surface area contributed by atoms with Crippen LogP contribution in [0.25, 0.3) is 0 Å². The van der Waals surface area contributed by atoms with Crippen LogP contribution >= 0.6 is 0 Å². The molecule has 2 amide bonds. The van der Waals surface area contributed by atoms with E-state index in [4.69, 9.17) is 14.6 Å². The van der Waals surface area contributed by atoms with Crippen molar-refractivity contribution in [3.05, 3.63) is 30.2 Å². The Hall–Kier alpha value is -3.19. The summed E-state index contributed by atoms with van der Waals surface area (Å²) in [5.41, 5.74) is 0.0557. The van der Waals surface area contributed by atoms with Crippen molar-refractivity contribution in [2.45, 2.75) is 50.5 Å². The van der Waals surface area contributed by atoms with E-state index in [2.05, 4.69) is 31.0 Å². The lowest BCUT2D eigenvalue weighted by molar-refractivity contribution is -0.274. The third-order valence-corrected chi connectivity index (χ3v) is 5.15. The van der Waals surface area contributed by atoms with Gasteiger partial charge in [0.1, 0.15) is 17.6 Å². The fraction of sp³-hybridized carbons (Fsp3) is 0.524. The van der Waals surface area contributed by atoms with E-state index in [1.165, 1.54) is 13.2 Å². The Morgan fingerprint density at radius 1 is 1.26 bits per heavy atom. The van der Waals surface area contributed by atoms with Crippen molar-refractivity contribution in [2.24, 2.45) is 4.99 Å². The molecule has 10 nitrogen and oxygen atoms in total. The molecule has 5 N–H and O–H groups in total. The number of nitrogens with zero attached hydrogens (tertiary/aromatic N) is 1. The smallest absolute Gasteiger partial charge is 0.495 e. The molecule has 0 spiro atoms. The highest BCUT2D eigenvalue weighted by Crippen LogP contribution is 2.32. The van der Waals surface area contributed by atoms with Crippen LogP contribution in [0, 0.1) is 0 Å². The van der Waals surface area contributed by atoms with Crippen LogP contribution in [-0.2, 0) is 4.74 Å². The number of benzene rings is 1. The molecular formula is C21H28F3N5O5. The van der Waals surface area contributed by atoms with E-state index in [1.54, 1.807) is 12.3 Å². The number of nitrogens with one attached hydrogen (secondary N) is 4. The molecule has 3 rings (SSSR count). The number of allylic oxidation sites excluding steroid dienone is 1. The van der Waals surface area contributed by atoms with E-state index in [9.17, 15) is 18.0 Å². The van der Waals surface area contributed by atoms with Crippen molar-refractivity contribution in [3.8, 4) is 11.5 Å². The number of aliphatic imine (C=N–C) groups is 1. The van der Waals surface area contributed by atoms with Crippen LogP contribution in [0.5, 0.6) is 11.5 Å². The molecule has 0 aromatic heterocycles. The Morgan fingerprint density at radius 2 is 2.03 bits per heavy atom. The SMILES string of the molecule is COc1ccc(OC(F)(F)F)cc1NC(=O)NC1CCC(OC2=CC=NC(NCCO)N2)CC1.